The number of rotatable bonds is 6. The van der Waals surface area contributed by atoms with Gasteiger partial charge >= 0.3 is 5.97 Å². The summed E-state index contributed by atoms with van der Waals surface area (Å²) in [5, 5.41) is 2.53. The van der Waals surface area contributed by atoms with Gasteiger partial charge in [-0.3, -0.25) is 9.59 Å². The molecule has 1 atom stereocenters. The Hall–Kier alpha value is -1.95. The molecule has 0 radical (unpaired) electrons. The molecule has 5 nitrogen and oxygen atoms in total. The van der Waals surface area contributed by atoms with Crippen molar-refractivity contribution in [2.75, 3.05) is 6.54 Å². The average Bonchev–Trinajstić information content (AvgIpc) is 2.85. The van der Waals surface area contributed by atoms with Crippen molar-refractivity contribution in [3.63, 3.8) is 0 Å². The molecular weight excluding hydrogens is 266 g/mol. The van der Waals surface area contributed by atoms with Crippen molar-refractivity contribution in [3.05, 3.63) is 34.5 Å². The topological polar surface area (TPSA) is 72.5 Å². The number of amides is 1. The largest absolute Gasteiger partial charge is 0.448 e. The van der Waals surface area contributed by atoms with E-state index >= 15 is 0 Å². The monoisotopic (exact) mass is 281 g/mol. The van der Waals surface area contributed by atoms with E-state index in [1.54, 1.807) is 6.07 Å². The number of hydrogen-bond acceptors (Lipinski definition) is 5. The van der Waals surface area contributed by atoms with Gasteiger partial charge in [-0.2, -0.15) is 0 Å². The Balaban J connectivity index is 2.60. The molecule has 0 saturated carbocycles. The molecule has 1 aromatic heterocycles. The fourth-order valence-electron chi connectivity index (χ4n) is 1.23. The zero-order chi connectivity index (χ0) is 14.4. The molecule has 0 bridgehead atoms. The van der Waals surface area contributed by atoms with Gasteiger partial charge in [-0.15, -0.1) is 17.9 Å². The minimum atomic E-state index is -0.893. The quantitative estimate of drug-likeness (QED) is 0.490. The molecule has 1 heterocycles. The van der Waals surface area contributed by atoms with E-state index < -0.39 is 18.0 Å². The van der Waals surface area contributed by atoms with Gasteiger partial charge in [0.1, 0.15) is 4.88 Å². The summed E-state index contributed by atoms with van der Waals surface area (Å²) < 4.78 is 5.00. The van der Waals surface area contributed by atoms with Gasteiger partial charge in [0.25, 0.3) is 5.91 Å². The number of carbonyl (C=O) groups is 3. The van der Waals surface area contributed by atoms with E-state index in [9.17, 15) is 14.4 Å². The number of hydrogen-bond donors (Lipinski definition) is 1. The van der Waals surface area contributed by atoms with E-state index in [0.717, 1.165) is 11.3 Å². The number of carbonyl (C=O) groups excluding carboxylic acids is 3. The zero-order valence-electron chi connectivity index (χ0n) is 10.8. The third-order valence-electron chi connectivity index (χ3n) is 2.23. The molecule has 0 fully saturated rings. The summed E-state index contributed by atoms with van der Waals surface area (Å²) in [6.07, 6.45) is 0.639. The third kappa shape index (κ3) is 4.33. The summed E-state index contributed by atoms with van der Waals surface area (Å²) in [5.41, 5.74) is 0. The molecule has 1 N–H and O–H groups in total. The van der Waals surface area contributed by atoms with Gasteiger partial charge in [0.15, 0.2) is 11.9 Å². The van der Waals surface area contributed by atoms with Crippen LogP contribution in [-0.4, -0.2) is 30.3 Å². The number of nitrogens with one attached hydrogen (secondary N) is 1. The summed E-state index contributed by atoms with van der Waals surface area (Å²) in [7, 11) is 0. The van der Waals surface area contributed by atoms with Gasteiger partial charge in [-0.25, -0.2) is 4.79 Å². The Morgan fingerprint density at radius 1 is 1.42 bits per heavy atom. The maximum atomic E-state index is 11.7. The molecule has 1 aromatic rings. The number of ketones is 1. The van der Waals surface area contributed by atoms with Crippen LogP contribution in [0.25, 0.3) is 0 Å². The minimum Gasteiger partial charge on any atom is -0.448 e. The molecule has 0 aromatic carbocycles. The summed E-state index contributed by atoms with van der Waals surface area (Å²) in [6, 6.07) is 3.07. The minimum absolute atomic E-state index is 0.110. The van der Waals surface area contributed by atoms with E-state index in [1.807, 2.05) is 0 Å². The number of thiophene rings is 1. The highest BCUT2D eigenvalue weighted by atomic mass is 32.1. The van der Waals surface area contributed by atoms with Gasteiger partial charge in [-0.05, 0) is 26.0 Å². The Labute approximate surface area is 115 Å². The first-order valence-electron chi connectivity index (χ1n) is 5.66. The van der Waals surface area contributed by atoms with Gasteiger partial charge in [-0.1, -0.05) is 6.08 Å². The lowest BCUT2D eigenvalue weighted by Crippen LogP contribution is -2.35. The van der Waals surface area contributed by atoms with Crippen LogP contribution in [0.3, 0.4) is 0 Å². The van der Waals surface area contributed by atoms with Crippen LogP contribution in [0.15, 0.2) is 24.8 Å². The summed E-state index contributed by atoms with van der Waals surface area (Å²) >= 11 is 1.05. The lowest BCUT2D eigenvalue weighted by Gasteiger charge is -2.11. The van der Waals surface area contributed by atoms with Gasteiger partial charge in [0.05, 0.1) is 4.88 Å². The van der Waals surface area contributed by atoms with Crippen molar-refractivity contribution < 1.29 is 19.1 Å². The summed E-state index contributed by atoms with van der Waals surface area (Å²) in [6.45, 7) is 6.69. The highest BCUT2D eigenvalue weighted by Gasteiger charge is 2.20. The van der Waals surface area contributed by atoms with E-state index in [1.165, 1.54) is 26.0 Å². The van der Waals surface area contributed by atoms with Gasteiger partial charge < -0.3 is 10.1 Å². The maximum Gasteiger partial charge on any atom is 0.349 e. The second kappa shape index (κ2) is 6.84. The van der Waals surface area contributed by atoms with Crippen molar-refractivity contribution in [2.45, 2.75) is 20.0 Å². The molecule has 0 aliphatic heterocycles. The highest BCUT2D eigenvalue weighted by Crippen LogP contribution is 2.18. The lowest BCUT2D eigenvalue weighted by atomic mass is 10.3. The fourth-order valence-corrected chi connectivity index (χ4v) is 2.01. The standard InChI is InChI=1S/C13H15NO4S/c1-4-7-14-12(16)9(3)18-13(17)11-6-5-10(19-11)8(2)15/h4-6,9H,1,7H2,2-3H3,(H,14,16)/t9-/m0/s1. The lowest BCUT2D eigenvalue weighted by molar-refractivity contribution is -0.128. The first-order valence-corrected chi connectivity index (χ1v) is 6.47. The molecule has 0 spiro atoms. The van der Waals surface area contributed by atoms with Crippen LogP contribution < -0.4 is 5.32 Å². The molecule has 6 heteroatoms. The smallest absolute Gasteiger partial charge is 0.349 e. The van der Waals surface area contributed by atoms with Crippen LogP contribution in [0.4, 0.5) is 0 Å². The third-order valence-corrected chi connectivity index (χ3v) is 3.39. The Morgan fingerprint density at radius 2 is 2.05 bits per heavy atom. The van der Waals surface area contributed by atoms with Crippen molar-refractivity contribution in [3.8, 4) is 0 Å². The SMILES string of the molecule is C=CCNC(=O)[C@H](C)OC(=O)c1ccc(C(C)=O)s1. The van der Waals surface area contributed by atoms with E-state index in [0.29, 0.717) is 16.3 Å². The van der Waals surface area contributed by atoms with Crippen LogP contribution in [0.1, 0.15) is 33.2 Å². The van der Waals surface area contributed by atoms with E-state index in [-0.39, 0.29) is 5.78 Å². The van der Waals surface area contributed by atoms with Gasteiger partial charge in [0.2, 0.25) is 0 Å². The Morgan fingerprint density at radius 3 is 2.58 bits per heavy atom. The number of ether oxygens (including phenoxy) is 1. The highest BCUT2D eigenvalue weighted by molar-refractivity contribution is 7.15. The van der Waals surface area contributed by atoms with Gasteiger partial charge in [0, 0.05) is 6.54 Å². The molecule has 0 aliphatic rings. The molecule has 0 saturated heterocycles. The van der Waals surface area contributed by atoms with Crippen molar-refractivity contribution in [1.29, 1.82) is 0 Å². The summed E-state index contributed by atoms with van der Waals surface area (Å²) in [4.78, 5) is 35.1. The van der Waals surface area contributed by atoms with E-state index in [2.05, 4.69) is 11.9 Å². The molecule has 0 unspecified atom stereocenters. The molecular formula is C13H15NO4S. The zero-order valence-corrected chi connectivity index (χ0v) is 11.6. The van der Waals surface area contributed by atoms with Crippen LogP contribution in [0.5, 0.6) is 0 Å². The van der Waals surface area contributed by atoms with Crippen molar-refractivity contribution in [1.82, 2.24) is 5.32 Å². The first kappa shape index (κ1) is 15.1. The average molecular weight is 281 g/mol. The second-order valence-electron chi connectivity index (χ2n) is 3.80. The van der Waals surface area contributed by atoms with Crippen LogP contribution in [0.2, 0.25) is 0 Å². The number of esters is 1. The van der Waals surface area contributed by atoms with Crippen LogP contribution >= 0.6 is 11.3 Å². The van der Waals surface area contributed by atoms with Crippen molar-refractivity contribution in [2.24, 2.45) is 0 Å². The first-order chi connectivity index (χ1) is 8.95. The Bertz CT molecular complexity index is 506. The fraction of sp³-hybridized carbons (Fsp3) is 0.308. The van der Waals surface area contributed by atoms with E-state index in [4.69, 9.17) is 4.74 Å². The normalized spacial score (nSPS) is 11.5. The number of Topliss-reactive ketones (excluding diaryl/α,β-unsaturated/α-hetero) is 1. The molecule has 1 amide bonds. The predicted molar refractivity (Wildman–Crippen MR) is 72.4 cm³/mol. The molecule has 1 rings (SSSR count). The van der Waals surface area contributed by atoms with Crippen molar-refractivity contribution >= 4 is 29.0 Å². The predicted octanol–water partition coefficient (Wildman–Crippen LogP) is 1.80. The van der Waals surface area contributed by atoms with Crippen LogP contribution in [0, 0.1) is 0 Å². The molecule has 19 heavy (non-hydrogen) atoms. The summed E-state index contributed by atoms with van der Waals surface area (Å²) in [5.74, 6) is -1.11. The maximum absolute atomic E-state index is 11.7. The second-order valence-corrected chi connectivity index (χ2v) is 4.89. The molecule has 0 aliphatic carbocycles. The molecule has 102 valence electrons. The Kier molecular flexibility index (Phi) is 5.44. The van der Waals surface area contributed by atoms with Crippen LogP contribution in [-0.2, 0) is 9.53 Å².